The van der Waals surface area contributed by atoms with Gasteiger partial charge in [-0.05, 0) is 48.1 Å². The highest BCUT2D eigenvalue weighted by Gasteiger charge is 2.15. The number of carbonyl (C=O) groups is 1. The molecule has 0 saturated heterocycles. The van der Waals surface area contributed by atoms with E-state index in [1.165, 1.54) is 13.3 Å². The Balaban J connectivity index is 2.19. The van der Waals surface area contributed by atoms with Crippen LogP contribution in [0, 0.1) is 0 Å². The number of benzene rings is 2. The van der Waals surface area contributed by atoms with Gasteiger partial charge in [0.2, 0.25) is 0 Å². The van der Waals surface area contributed by atoms with Gasteiger partial charge in [-0.1, -0.05) is 23.7 Å². The second-order valence-electron chi connectivity index (χ2n) is 4.51. The standard InChI is InChI=1S/C16H14ClN3O3S/c1-22-14-8-10(9-19-20-16(18)24)6-7-13(14)23-15(21)11-4-2-3-5-12(11)17/h2-9H,1H3,(H3,18,20,24). The summed E-state index contributed by atoms with van der Waals surface area (Å²) in [6.45, 7) is 0. The molecule has 24 heavy (non-hydrogen) atoms. The van der Waals surface area contributed by atoms with Crippen LogP contribution in [0.1, 0.15) is 15.9 Å². The summed E-state index contributed by atoms with van der Waals surface area (Å²) in [6.07, 6.45) is 1.50. The first-order chi connectivity index (χ1) is 11.5. The van der Waals surface area contributed by atoms with Gasteiger partial charge in [0, 0.05) is 0 Å². The van der Waals surface area contributed by atoms with Crippen molar-refractivity contribution in [3.8, 4) is 11.5 Å². The Morgan fingerprint density at radius 1 is 1.29 bits per heavy atom. The monoisotopic (exact) mass is 363 g/mol. The number of nitrogens with zero attached hydrogens (tertiary/aromatic N) is 1. The molecule has 0 amide bonds. The van der Waals surface area contributed by atoms with Crippen LogP contribution in [0.2, 0.25) is 5.02 Å². The van der Waals surface area contributed by atoms with Gasteiger partial charge in [0.25, 0.3) is 0 Å². The van der Waals surface area contributed by atoms with Crippen molar-refractivity contribution in [3.63, 3.8) is 0 Å². The Morgan fingerprint density at radius 2 is 2.04 bits per heavy atom. The molecular weight excluding hydrogens is 350 g/mol. The second kappa shape index (κ2) is 8.28. The number of rotatable bonds is 5. The van der Waals surface area contributed by atoms with Crippen molar-refractivity contribution >= 4 is 41.1 Å². The molecule has 0 aromatic heterocycles. The molecule has 0 aliphatic carbocycles. The quantitative estimate of drug-likeness (QED) is 0.279. The lowest BCUT2D eigenvalue weighted by Gasteiger charge is -2.10. The molecule has 2 rings (SSSR count). The Labute approximate surface area is 149 Å². The van der Waals surface area contributed by atoms with E-state index in [-0.39, 0.29) is 16.4 Å². The highest BCUT2D eigenvalue weighted by atomic mass is 35.5. The zero-order chi connectivity index (χ0) is 17.5. The molecule has 0 aliphatic heterocycles. The minimum atomic E-state index is -0.574. The van der Waals surface area contributed by atoms with Gasteiger partial charge in [0.1, 0.15) is 0 Å². The van der Waals surface area contributed by atoms with Gasteiger partial charge in [-0.15, -0.1) is 0 Å². The molecule has 2 aromatic rings. The van der Waals surface area contributed by atoms with Gasteiger partial charge in [-0.2, -0.15) is 5.10 Å². The van der Waals surface area contributed by atoms with Crippen molar-refractivity contribution in [2.75, 3.05) is 7.11 Å². The highest BCUT2D eigenvalue weighted by Crippen LogP contribution is 2.29. The van der Waals surface area contributed by atoms with Crippen molar-refractivity contribution in [2.45, 2.75) is 0 Å². The number of nitrogens with two attached hydrogens (primary N) is 1. The summed E-state index contributed by atoms with van der Waals surface area (Å²) in [4.78, 5) is 12.2. The molecule has 0 radical (unpaired) electrons. The molecule has 3 N–H and O–H groups in total. The average Bonchev–Trinajstić information content (AvgIpc) is 2.56. The molecule has 0 fully saturated rings. The molecule has 0 unspecified atom stereocenters. The number of methoxy groups -OCH3 is 1. The summed E-state index contributed by atoms with van der Waals surface area (Å²) >= 11 is 10.6. The van der Waals surface area contributed by atoms with Crippen LogP contribution >= 0.6 is 23.8 Å². The number of carbonyl (C=O) groups excluding carboxylic acids is 1. The van der Waals surface area contributed by atoms with Gasteiger partial charge in [-0.25, -0.2) is 4.79 Å². The third kappa shape index (κ3) is 4.68. The third-order valence-corrected chi connectivity index (χ3v) is 3.29. The lowest BCUT2D eigenvalue weighted by Crippen LogP contribution is -2.23. The van der Waals surface area contributed by atoms with Gasteiger partial charge in [0.05, 0.1) is 23.9 Å². The van der Waals surface area contributed by atoms with Crippen LogP contribution in [0.4, 0.5) is 0 Å². The lowest BCUT2D eigenvalue weighted by atomic mass is 10.2. The Morgan fingerprint density at radius 3 is 2.71 bits per heavy atom. The van der Waals surface area contributed by atoms with Crippen molar-refractivity contribution in [3.05, 3.63) is 58.6 Å². The fourth-order valence-corrected chi connectivity index (χ4v) is 2.07. The molecule has 0 heterocycles. The van der Waals surface area contributed by atoms with E-state index in [0.29, 0.717) is 16.3 Å². The van der Waals surface area contributed by atoms with E-state index in [2.05, 4.69) is 22.7 Å². The van der Waals surface area contributed by atoms with Gasteiger partial charge < -0.3 is 15.2 Å². The maximum absolute atomic E-state index is 12.2. The Bertz CT molecular complexity index is 796. The topological polar surface area (TPSA) is 85.9 Å². The summed E-state index contributed by atoms with van der Waals surface area (Å²) in [5, 5.41) is 4.22. The zero-order valence-electron chi connectivity index (χ0n) is 12.7. The van der Waals surface area contributed by atoms with Gasteiger partial charge in [0.15, 0.2) is 16.6 Å². The zero-order valence-corrected chi connectivity index (χ0v) is 14.2. The first kappa shape index (κ1) is 17.7. The number of ether oxygens (including phenoxy) is 2. The van der Waals surface area contributed by atoms with Crippen LogP contribution in [-0.4, -0.2) is 24.4 Å². The number of hydrazone groups is 1. The minimum Gasteiger partial charge on any atom is -0.493 e. The molecule has 0 atom stereocenters. The molecular formula is C16H14ClN3O3S. The van der Waals surface area contributed by atoms with E-state index in [9.17, 15) is 4.79 Å². The number of hydrogen-bond donors (Lipinski definition) is 2. The summed E-state index contributed by atoms with van der Waals surface area (Å²) in [7, 11) is 1.47. The normalized spacial score (nSPS) is 10.4. The van der Waals surface area contributed by atoms with Crippen molar-refractivity contribution in [2.24, 2.45) is 10.8 Å². The number of hydrogen-bond acceptors (Lipinski definition) is 5. The van der Waals surface area contributed by atoms with E-state index in [1.54, 1.807) is 42.5 Å². The summed E-state index contributed by atoms with van der Waals surface area (Å²) in [5.74, 6) is 0.0621. The first-order valence-electron chi connectivity index (χ1n) is 6.74. The fraction of sp³-hybridized carbons (Fsp3) is 0.0625. The lowest BCUT2D eigenvalue weighted by molar-refractivity contribution is 0.0730. The summed E-state index contributed by atoms with van der Waals surface area (Å²) in [5.41, 5.74) is 8.69. The molecule has 0 spiro atoms. The van der Waals surface area contributed by atoms with Crippen molar-refractivity contribution < 1.29 is 14.3 Å². The minimum absolute atomic E-state index is 0.0588. The van der Waals surface area contributed by atoms with E-state index in [0.717, 1.165) is 0 Å². The third-order valence-electron chi connectivity index (χ3n) is 2.87. The molecule has 0 aliphatic rings. The van der Waals surface area contributed by atoms with Crippen LogP contribution in [0.3, 0.4) is 0 Å². The Kier molecular flexibility index (Phi) is 6.11. The van der Waals surface area contributed by atoms with Crippen LogP contribution in [0.25, 0.3) is 0 Å². The van der Waals surface area contributed by atoms with Gasteiger partial charge >= 0.3 is 5.97 Å². The fourth-order valence-electron chi connectivity index (χ4n) is 1.80. The number of nitrogens with one attached hydrogen (secondary N) is 1. The maximum atomic E-state index is 12.2. The summed E-state index contributed by atoms with van der Waals surface area (Å²) < 4.78 is 10.6. The maximum Gasteiger partial charge on any atom is 0.345 e. The van der Waals surface area contributed by atoms with E-state index in [1.807, 2.05) is 0 Å². The highest BCUT2D eigenvalue weighted by molar-refractivity contribution is 7.80. The van der Waals surface area contributed by atoms with Crippen LogP contribution in [0.5, 0.6) is 11.5 Å². The van der Waals surface area contributed by atoms with E-state index in [4.69, 9.17) is 26.8 Å². The van der Waals surface area contributed by atoms with Crippen LogP contribution in [0.15, 0.2) is 47.6 Å². The van der Waals surface area contributed by atoms with Gasteiger partial charge in [-0.3, -0.25) is 5.43 Å². The predicted octanol–water partition coefficient (Wildman–Crippen LogP) is 2.73. The second-order valence-corrected chi connectivity index (χ2v) is 5.36. The molecule has 0 saturated carbocycles. The summed E-state index contributed by atoms with van der Waals surface area (Å²) in [6, 6.07) is 11.6. The number of halogens is 1. The number of thiocarbonyl (C=S) groups is 1. The van der Waals surface area contributed by atoms with E-state index >= 15 is 0 Å². The van der Waals surface area contributed by atoms with E-state index < -0.39 is 5.97 Å². The van der Waals surface area contributed by atoms with Crippen molar-refractivity contribution in [1.82, 2.24) is 5.43 Å². The SMILES string of the molecule is COc1cc(C=NNC(N)=S)ccc1OC(=O)c1ccccc1Cl. The molecule has 0 bridgehead atoms. The smallest absolute Gasteiger partial charge is 0.345 e. The van der Waals surface area contributed by atoms with Crippen molar-refractivity contribution in [1.29, 1.82) is 0 Å². The predicted molar refractivity (Wildman–Crippen MR) is 96.9 cm³/mol. The van der Waals surface area contributed by atoms with Crippen LogP contribution in [-0.2, 0) is 0 Å². The average molecular weight is 364 g/mol. The molecule has 8 heteroatoms. The van der Waals surface area contributed by atoms with Crippen LogP contribution < -0.4 is 20.6 Å². The first-order valence-corrected chi connectivity index (χ1v) is 7.53. The molecule has 2 aromatic carbocycles. The Hall–Kier alpha value is -2.64. The number of esters is 1. The molecule has 124 valence electrons. The molecule has 6 nitrogen and oxygen atoms in total. The largest absolute Gasteiger partial charge is 0.493 e.